The van der Waals surface area contributed by atoms with Crippen molar-refractivity contribution in [2.45, 2.75) is 45.3 Å². The molecule has 1 unspecified atom stereocenters. The average Bonchev–Trinajstić information content (AvgIpc) is 3.09. The van der Waals surface area contributed by atoms with Gasteiger partial charge in [-0.05, 0) is 24.6 Å². The van der Waals surface area contributed by atoms with Gasteiger partial charge in [0.05, 0.1) is 11.6 Å². The molecule has 0 fully saturated rings. The molecular formula is C18H24F3N5O. The molecule has 0 amide bonds. The molecular weight excluding hydrogens is 359 g/mol. The van der Waals surface area contributed by atoms with Crippen LogP contribution in [0.1, 0.15) is 55.6 Å². The van der Waals surface area contributed by atoms with Crippen molar-refractivity contribution in [1.29, 1.82) is 0 Å². The summed E-state index contributed by atoms with van der Waals surface area (Å²) in [5.41, 5.74) is -0.153. The molecule has 9 heteroatoms. The number of nitrogens with one attached hydrogen (secondary N) is 2. The maximum absolute atomic E-state index is 12.9. The fourth-order valence-corrected chi connectivity index (χ4v) is 2.36. The van der Waals surface area contributed by atoms with Crippen LogP contribution in [0.5, 0.6) is 0 Å². The summed E-state index contributed by atoms with van der Waals surface area (Å²) in [5, 5.41) is 10.1. The Morgan fingerprint density at radius 3 is 2.59 bits per heavy atom. The molecule has 0 spiro atoms. The van der Waals surface area contributed by atoms with Crippen LogP contribution < -0.4 is 10.6 Å². The van der Waals surface area contributed by atoms with Gasteiger partial charge in [-0.3, -0.25) is 4.99 Å². The van der Waals surface area contributed by atoms with Crippen molar-refractivity contribution in [2.75, 3.05) is 13.6 Å². The zero-order valence-electron chi connectivity index (χ0n) is 15.8. The SMILES string of the molecule is CN=C(NCCc1nc(C(C)C)no1)NC(C)c1cccc(C(F)(F)F)c1. The molecule has 0 aliphatic rings. The van der Waals surface area contributed by atoms with Gasteiger partial charge in [-0.25, -0.2) is 0 Å². The summed E-state index contributed by atoms with van der Waals surface area (Å²) >= 11 is 0. The van der Waals surface area contributed by atoms with Crippen molar-refractivity contribution in [3.05, 3.63) is 47.1 Å². The highest BCUT2D eigenvalue weighted by Crippen LogP contribution is 2.30. The normalized spacial score (nSPS) is 13.7. The molecule has 0 bridgehead atoms. The highest BCUT2D eigenvalue weighted by Gasteiger charge is 2.30. The molecule has 2 N–H and O–H groups in total. The largest absolute Gasteiger partial charge is 0.416 e. The van der Waals surface area contributed by atoms with E-state index in [-0.39, 0.29) is 12.0 Å². The van der Waals surface area contributed by atoms with E-state index in [1.54, 1.807) is 20.0 Å². The lowest BCUT2D eigenvalue weighted by atomic mass is 10.1. The van der Waals surface area contributed by atoms with Crippen LogP contribution >= 0.6 is 0 Å². The Balaban J connectivity index is 1.90. The number of hydrogen-bond donors (Lipinski definition) is 2. The van der Waals surface area contributed by atoms with Crippen molar-refractivity contribution in [2.24, 2.45) is 4.99 Å². The van der Waals surface area contributed by atoms with Crippen LogP contribution in [0.15, 0.2) is 33.8 Å². The van der Waals surface area contributed by atoms with Gasteiger partial charge in [-0.2, -0.15) is 18.2 Å². The van der Waals surface area contributed by atoms with E-state index < -0.39 is 11.7 Å². The van der Waals surface area contributed by atoms with Gasteiger partial charge < -0.3 is 15.2 Å². The molecule has 1 heterocycles. The first-order valence-electron chi connectivity index (χ1n) is 8.67. The lowest BCUT2D eigenvalue weighted by Crippen LogP contribution is -2.39. The molecule has 1 aromatic carbocycles. The average molecular weight is 383 g/mol. The zero-order valence-corrected chi connectivity index (χ0v) is 15.8. The number of halogens is 3. The molecule has 0 radical (unpaired) electrons. The Labute approximate surface area is 156 Å². The minimum absolute atomic E-state index is 0.193. The van der Waals surface area contributed by atoms with Gasteiger partial charge in [0, 0.05) is 25.9 Å². The first-order valence-corrected chi connectivity index (χ1v) is 8.67. The topological polar surface area (TPSA) is 75.3 Å². The number of nitrogens with zero attached hydrogens (tertiary/aromatic N) is 3. The summed E-state index contributed by atoms with van der Waals surface area (Å²) in [6, 6.07) is 4.88. The van der Waals surface area contributed by atoms with Crippen molar-refractivity contribution in [3.8, 4) is 0 Å². The summed E-state index contributed by atoms with van der Waals surface area (Å²) in [6.07, 6.45) is -3.85. The fraction of sp³-hybridized carbons (Fsp3) is 0.500. The maximum atomic E-state index is 12.9. The molecule has 0 aliphatic heterocycles. The summed E-state index contributed by atoms with van der Waals surface area (Å²) < 4.78 is 43.8. The predicted molar refractivity (Wildman–Crippen MR) is 96.4 cm³/mol. The van der Waals surface area contributed by atoms with E-state index in [1.165, 1.54) is 6.07 Å². The number of hydrogen-bond acceptors (Lipinski definition) is 4. The molecule has 0 aliphatic carbocycles. The minimum atomic E-state index is -4.37. The molecule has 1 aromatic heterocycles. The monoisotopic (exact) mass is 383 g/mol. The second-order valence-corrected chi connectivity index (χ2v) is 6.44. The first kappa shape index (κ1) is 20.7. The Bertz CT molecular complexity index is 770. The number of aromatic nitrogens is 2. The van der Waals surface area contributed by atoms with E-state index in [2.05, 4.69) is 25.8 Å². The van der Waals surface area contributed by atoms with E-state index in [9.17, 15) is 13.2 Å². The van der Waals surface area contributed by atoms with E-state index in [0.717, 1.165) is 12.1 Å². The minimum Gasteiger partial charge on any atom is -0.356 e. The standard InChI is InChI=1S/C18H24F3N5O/c1-11(2)16-25-15(27-26-16)8-9-23-17(22-4)24-12(3)13-6-5-7-14(10-13)18(19,20)21/h5-7,10-12H,8-9H2,1-4H3,(H2,22,23,24). The van der Waals surface area contributed by atoms with Crippen LogP contribution in [-0.4, -0.2) is 29.7 Å². The zero-order chi connectivity index (χ0) is 20.0. The summed E-state index contributed by atoms with van der Waals surface area (Å²) in [6.45, 7) is 6.23. The highest BCUT2D eigenvalue weighted by molar-refractivity contribution is 5.80. The Kier molecular flexibility index (Phi) is 6.81. The van der Waals surface area contributed by atoms with E-state index >= 15 is 0 Å². The molecule has 1 atom stereocenters. The van der Waals surface area contributed by atoms with E-state index in [1.807, 2.05) is 13.8 Å². The van der Waals surface area contributed by atoms with Crippen LogP contribution in [-0.2, 0) is 12.6 Å². The lowest BCUT2D eigenvalue weighted by molar-refractivity contribution is -0.137. The number of benzene rings is 1. The summed E-state index contributed by atoms with van der Waals surface area (Å²) in [4.78, 5) is 8.38. The van der Waals surface area contributed by atoms with Gasteiger partial charge in [0.25, 0.3) is 0 Å². The van der Waals surface area contributed by atoms with E-state index in [0.29, 0.717) is 36.2 Å². The van der Waals surface area contributed by atoms with Crippen molar-refractivity contribution in [3.63, 3.8) is 0 Å². The summed E-state index contributed by atoms with van der Waals surface area (Å²) in [5.74, 6) is 1.85. The van der Waals surface area contributed by atoms with Crippen LogP contribution in [0.3, 0.4) is 0 Å². The molecule has 2 aromatic rings. The number of alkyl halides is 3. The highest BCUT2D eigenvalue weighted by atomic mass is 19.4. The van der Waals surface area contributed by atoms with Gasteiger partial charge in [-0.15, -0.1) is 0 Å². The Hall–Kier alpha value is -2.58. The molecule has 27 heavy (non-hydrogen) atoms. The number of aliphatic imine (C=N–C) groups is 1. The first-order chi connectivity index (χ1) is 12.7. The smallest absolute Gasteiger partial charge is 0.356 e. The van der Waals surface area contributed by atoms with Gasteiger partial charge in [0.2, 0.25) is 5.89 Å². The lowest BCUT2D eigenvalue weighted by Gasteiger charge is -2.19. The van der Waals surface area contributed by atoms with Gasteiger partial charge in [-0.1, -0.05) is 31.1 Å². The molecule has 0 saturated carbocycles. The molecule has 0 saturated heterocycles. The fourth-order valence-electron chi connectivity index (χ4n) is 2.36. The van der Waals surface area contributed by atoms with Crippen molar-refractivity contribution < 1.29 is 17.7 Å². The second kappa shape index (κ2) is 8.88. The van der Waals surface area contributed by atoms with Crippen LogP contribution in [0.2, 0.25) is 0 Å². The van der Waals surface area contributed by atoms with Crippen LogP contribution in [0.25, 0.3) is 0 Å². The third-order valence-electron chi connectivity index (χ3n) is 3.92. The third-order valence-corrected chi connectivity index (χ3v) is 3.92. The summed E-state index contributed by atoms with van der Waals surface area (Å²) in [7, 11) is 1.59. The maximum Gasteiger partial charge on any atom is 0.416 e. The third kappa shape index (κ3) is 5.97. The van der Waals surface area contributed by atoms with Gasteiger partial charge in [0.15, 0.2) is 11.8 Å². The molecule has 6 nitrogen and oxygen atoms in total. The van der Waals surface area contributed by atoms with Gasteiger partial charge >= 0.3 is 6.18 Å². The van der Waals surface area contributed by atoms with Crippen molar-refractivity contribution in [1.82, 2.24) is 20.8 Å². The van der Waals surface area contributed by atoms with E-state index in [4.69, 9.17) is 4.52 Å². The molecule has 2 rings (SSSR count). The molecule has 148 valence electrons. The van der Waals surface area contributed by atoms with Crippen molar-refractivity contribution >= 4 is 5.96 Å². The number of guanidine groups is 1. The van der Waals surface area contributed by atoms with Gasteiger partial charge in [0.1, 0.15) is 0 Å². The Morgan fingerprint density at radius 1 is 1.26 bits per heavy atom. The predicted octanol–water partition coefficient (Wildman–Crippen LogP) is 3.68. The number of rotatable bonds is 6. The van der Waals surface area contributed by atoms with Crippen LogP contribution in [0.4, 0.5) is 13.2 Å². The van der Waals surface area contributed by atoms with Crippen LogP contribution in [0, 0.1) is 0 Å². The Morgan fingerprint density at radius 2 is 2.00 bits per heavy atom. The quantitative estimate of drug-likeness (QED) is 0.588. The second-order valence-electron chi connectivity index (χ2n) is 6.44.